The van der Waals surface area contributed by atoms with Gasteiger partial charge < -0.3 is 10.4 Å². The van der Waals surface area contributed by atoms with Crippen LogP contribution in [0.25, 0.3) is 10.6 Å². The molecule has 0 bridgehead atoms. The van der Waals surface area contributed by atoms with E-state index in [0.717, 1.165) is 10.7 Å². The van der Waals surface area contributed by atoms with Gasteiger partial charge in [-0.3, -0.25) is 4.79 Å². The van der Waals surface area contributed by atoms with E-state index in [9.17, 15) is 18.4 Å². The molecular weight excluding hydrogens is 326 g/mol. The predicted molar refractivity (Wildman–Crippen MR) is 81.8 cm³/mol. The van der Waals surface area contributed by atoms with Gasteiger partial charge in [0, 0.05) is 28.6 Å². The molecule has 0 aliphatic rings. The number of nitrogens with one attached hydrogen (secondary N) is 1. The van der Waals surface area contributed by atoms with Crippen LogP contribution < -0.4 is 5.32 Å². The van der Waals surface area contributed by atoms with E-state index in [4.69, 9.17) is 5.11 Å². The van der Waals surface area contributed by atoms with Crippen LogP contribution in [0.3, 0.4) is 0 Å². The van der Waals surface area contributed by atoms with Gasteiger partial charge in [0.05, 0.1) is 0 Å². The molecule has 1 unspecified atom stereocenters. The zero-order chi connectivity index (χ0) is 17.0. The quantitative estimate of drug-likeness (QED) is 0.847. The molecule has 1 atom stereocenters. The number of halogens is 2. The summed E-state index contributed by atoms with van der Waals surface area (Å²) in [6.07, 6.45) is -3.76. The van der Waals surface area contributed by atoms with Crippen molar-refractivity contribution in [2.45, 2.75) is 25.8 Å². The van der Waals surface area contributed by atoms with E-state index < -0.39 is 30.8 Å². The van der Waals surface area contributed by atoms with Crippen molar-refractivity contribution in [1.29, 1.82) is 0 Å². The first-order valence-corrected chi connectivity index (χ1v) is 7.59. The van der Waals surface area contributed by atoms with E-state index in [1.54, 1.807) is 18.2 Å². The van der Waals surface area contributed by atoms with Gasteiger partial charge >= 0.3 is 5.97 Å². The molecule has 5 nitrogen and oxygen atoms in total. The average Bonchev–Trinajstić information content (AvgIpc) is 2.92. The van der Waals surface area contributed by atoms with Gasteiger partial charge in [-0.1, -0.05) is 12.1 Å². The summed E-state index contributed by atoms with van der Waals surface area (Å²) >= 11 is 1.41. The van der Waals surface area contributed by atoms with Gasteiger partial charge in [0.25, 0.3) is 5.91 Å². The lowest BCUT2D eigenvalue weighted by Gasteiger charge is -2.14. The smallest absolute Gasteiger partial charge is 0.326 e. The third-order valence-electron chi connectivity index (χ3n) is 3.01. The molecule has 0 aliphatic carbocycles. The number of alkyl halides is 2. The monoisotopic (exact) mass is 340 g/mol. The molecule has 1 amide bonds. The number of carbonyl (C=O) groups is 2. The predicted octanol–water partition coefficient (Wildman–Crippen LogP) is 2.96. The molecule has 1 aromatic heterocycles. The number of benzene rings is 1. The first-order valence-electron chi connectivity index (χ1n) is 6.71. The number of aromatic nitrogens is 1. The summed E-state index contributed by atoms with van der Waals surface area (Å²) in [7, 11) is 0. The van der Waals surface area contributed by atoms with Crippen LogP contribution >= 0.6 is 11.3 Å². The normalized spacial score (nSPS) is 12.2. The van der Waals surface area contributed by atoms with Crippen molar-refractivity contribution >= 4 is 23.2 Å². The molecule has 1 heterocycles. The average molecular weight is 340 g/mol. The largest absolute Gasteiger partial charge is 0.480 e. The minimum atomic E-state index is -2.82. The van der Waals surface area contributed by atoms with Gasteiger partial charge in [0.1, 0.15) is 11.0 Å². The topological polar surface area (TPSA) is 79.3 Å². The lowest BCUT2D eigenvalue weighted by Crippen LogP contribution is -2.42. The lowest BCUT2D eigenvalue weighted by atomic mass is 10.1. The van der Waals surface area contributed by atoms with Crippen molar-refractivity contribution in [2.75, 3.05) is 0 Å². The maximum absolute atomic E-state index is 12.4. The third-order valence-corrected chi connectivity index (χ3v) is 4.02. The SMILES string of the molecule is Cc1csc(-c2cccc(C(=O)NC(CC(F)F)C(=O)O)c2)n1. The number of aryl methyl sites for hydroxylation is 1. The summed E-state index contributed by atoms with van der Waals surface area (Å²) in [4.78, 5) is 27.3. The fourth-order valence-electron chi connectivity index (χ4n) is 1.92. The molecule has 0 fully saturated rings. The van der Waals surface area contributed by atoms with Gasteiger partial charge in [0.15, 0.2) is 0 Å². The van der Waals surface area contributed by atoms with Crippen LogP contribution in [-0.2, 0) is 4.79 Å². The van der Waals surface area contributed by atoms with E-state index in [1.165, 1.54) is 17.4 Å². The summed E-state index contributed by atoms with van der Waals surface area (Å²) in [5, 5.41) is 13.6. The van der Waals surface area contributed by atoms with Crippen molar-refractivity contribution in [3.05, 3.63) is 40.9 Å². The number of nitrogens with zero attached hydrogens (tertiary/aromatic N) is 1. The number of carbonyl (C=O) groups excluding carboxylic acids is 1. The Bertz CT molecular complexity index is 718. The van der Waals surface area contributed by atoms with Crippen molar-refractivity contribution in [2.24, 2.45) is 0 Å². The number of carboxylic acid groups (broad SMARTS) is 1. The first kappa shape index (κ1) is 17.0. The minimum Gasteiger partial charge on any atom is -0.480 e. The second kappa shape index (κ2) is 7.28. The maximum Gasteiger partial charge on any atom is 0.326 e. The molecule has 2 rings (SSSR count). The Kier molecular flexibility index (Phi) is 5.38. The molecule has 2 aromatic rings. The van der Waals surface area contributed by atoms with Crippen LogP contribution in [0.4, 0.5) is 8.78 Å². The molecule has 23 heavy (non-hydrogen) atoms. The Morgan fingerprint density at radius 3 is 2.70 bits per heavy atom. The van der Waals surface area contributed by atoms with Crippen molar-refractivity contribution in [3.63, 3.8) is 0 Å². The van der Waals surface area contributed by atoms with Gasteiger partial charge in [-0.2, -0.15) is 0 Å². The minimum absolute atomic E-state index is 0.191. The molecule has 122 valence electrons. The Hall–Kier alpha value is -2.35. The molecule has 0 spiro atoms. The molecule has 1 aromatic carbocycles. The van der Waals surface area contributed by atoms with Crippen LogP contribution in [0.5, 0.6) is 0 Å². The summed E-state index contributed by atoms with van der Waals surface area (Å²) < 4.78 is 24.7. The Labute approximate surface area is 135 Å². The zero-order valence-corrected chi connectivity index (χ0v) is 12.9. The Balaban J connectivity index is 2.17. The summed E-state index contributed by atoms with van der Waals surface area (Å²) in [5.74, 6) is -2.21. The second-order valence-electron chi connectivity index (χ2n) is 4.87. The summed E-state index contributed by atoms with van der Waals surface area (Å²) in [6.45, 7) is 1.85. The number of thiazole rings is 1. The summed E-state index contributed by atoms with van der Waals surface area (Å²) in [5.41, 5.74) is 1.75. The van der Waals surface area contributed by atoms with Gasteiger partial charge in [0.2, 0.25) is 6.43 Å². The first-order chi connectivity index (χ1) is 10.9. The van der Waals surface area contributed by atoms with Crippen LogP contribution in [0.2, 0.25) is 0 Å². The molecule has 0 saturated heterocycles. The fourth-order valence-corrected chi connectivity index (χ4v) is 2.72. The molecule has 0 radical (unpaired) electrons. The number of hydrogen-bond donors (Lipinski definition) is 2. The van der Waals surface area contributed by atoms with Gasteiger partial charge in [-0.25, -0.2) is 18.6 Å². The van der Waals surface area contributed by atoms with Crippen molar-refractivity contribution < 1.29 is 23.5 Å². The molecule has 0 saturated carbocycles. The highest BCUT2D eigenvalue weighted by molar-refractivity contribution is 7.13. The molecular formula is C15H14F2N2O3S. The summed E-state index contributed by atoms with van der Waals surface area (Å²) in [6, 6.07) is 4.80. The Morgan fingerprint density at radius 2 is 2.13 bits per heavy atom. The van der Waals surface area contributed by atoms with E-state index in [1.807, 2.05) is 12.3 Å². The van der Waals surface area contributed by atoms with E-state index in [0.29, 0.717) is 5.56 Å². The van der Waals surface area contributed by atoms with E-state index >= 15 is 0 Å². The Morgan fingerprint density at radius 1 is 1.39 bits per heavy atom. The molecule has 8 heteroatoms. The zero-order valence-electron chi connectivity index (χ0n) is 12.1. The van der Waals surface area contributed by atoms with E-state index in [-0.39, 0.29) is 5.56 Å². The van der Waals surface area contributed by atoms with Crippen molar-refractivity contribution in [3.8, 4) is 10.6 Å². The highest BCUT2D eigenvalue weighted by Gasteiger charge is 2.24. The van der Waals surface area contributed by atoms with Gasteiger partial charge in [-0.05, 0) is 19.1 Å². The maximum atomic E-state index is 12.4. The van der Waals surface area contributed by atoms with Crippen molar-refractivity contribution in [1.82, 2.24) is 10.3 Å². The standard InChI is InChI=1S/C15H14F2N2O3S/c1-8-7-23-14(18-8)10-4-2-3-9(5-10)13(20)19-11(15(21)22)6-12(16)17/h2-5,7,11-12H,6H2,1H3,(H,19,20)(H,21,22). The van der Waals surface area contributed by atoms with Crippen LogP contribution in [0, 0.1) is 6.92 Å². The molecule has 0 aliphatic heterocycles. The van der Waals surface area contributed by atoms with E-state index in [2.05, 4.69) is 10.3 Å². The number of hydrogen-bond acceptors (Lipinski definition) is 4. The lowest BCUT2D eigenvalue weighted by molar-refractivity contribution is -0.140. The second-order valence-corrected chi connectivity index (χ2v) is 5.72. The highest BCUT2D eigenvalue weighted by Crippen LogP contribution is 2.24. The van der Waals surface area contributed by atoms with Crippen LogP contribution in [-0.4, -0.2) is 34.4 Å². The van der Waals surface area contributed by atoms with Crippen LogP contribution in [0.15, 0.2) is 29.6 Å². The number of amides is 1. The fraction of sp³-hybridized carbons (Fsp3) is 0.267. The van der Waals surface area contributed by atoms with Gasteiger partial charge in [-0.15, -0.1) is 11.3 Å². The number of aliphatic carboxylic acids is 1. The van der Waals surface area contributed by atoms with Crippen LogP contribution in [0.1, 0.15) is 22.5 Å². The number of carboxylic acids is 1. The highest BCUT2D eigenvalue weighted by atomic mass is 32.1. The third kappa shape index (κ3) is 4.56. The molecule has 2 N–H and O–H groups in total. The number of rotatable bonds is 6.